The van der Waals surface area contributed by atoms with E-state index in [1.54, 1.807) is 0 Å². The Kier molecular flexibility index (Phi) is 7.62. The molecule has 0 fully saturated rings. The molecule has 0 bridgehead atoms. The molecule has 4 aliphatic rings. The minimum atomic E-state index is -2.26. The van der Waals surface area contributed by atoms with Gasteiger partial charge in [0, 0.05) is 52.7 Å². The topological polar surface area (TPSA) is 47.9 Å². The van der Waals surface area contributed by atoms with Crippen LogP contribution < -0.4 is 15.1 Å². The smallest absolute Gasteiger partial charge is 0.167 e. The molecular weight excluding hydrogens is 787 g/mol. The first-order chi connectivity index (χ1) is 29.0. The molecule has 0 atom stereocenters. The molecule has 0 N–H and O–H groups in total. The molecule has 0 spiro atoms. The molecule has 3 heterocycles. The third kappa shape index (κ3) is 4.97. The summed E-state index contributed by atoms with van der Waals surface area (Å²) in [5, 5.41) is 2.57. The molecule has 8 aromatic rings. The monoisotopic (exact) mass is 827 g/mol. The van der Waals surface area contributed by atoms with Gasteiger partial charge in [-0.1, -0.05) is 180 Å². The fourth-order valence-corrected chi connectivity index (χ4v) is 15.6. The molecule has 0 saturated carbocycles. The number of aromatic nitrogens is 3. The van der Waals surface area contributed by atoms with E-state index in [9.17, 15) is 0 Å². The van der Waals surface area contributed by atoms with Crippen molar-refractivity contribution in [3.8, 4) is 67.9 Å². The fourth-order valence-electron chi connectivity index (χ4n) is 10.3. The lowest BCUT2D eigenvalue weighted by molar-refractivity contribution is 0.489. The van der Waals surface area contributed by atoms with Gasteiger partial charge in [-0.3, -0.25) is 0 Å². The Bertz CT molecular complexity index is 3170. The van der Waals surface area contributed by atoms with E-state index in [0.29, 0.717) is 17.5 Å². The molecule has 0 unspecified atom stereocenters. The highest BCUT2D eigenvalue weighted by Gasteiger charge is 2.45. The van der Waals surface area contributed by atoms with Crippen LogP contribution in [0.2, 0.25) is 13.1 Å². The molecule has 4 nitrogen and oxygen atoms in total. The van der Waals surface area contributed by atoms with Gasteiger partial charge in [0.05, 0.1) is 5.56 Å². The van der Waals surface area contributed by atoms with Gasteiger partial charge in [0.1, 0.15) is 19.6 Å². The first-order valence-electron chi connectivity index (χ1n) is 20.7. The predicted octanol–water partition coefficient (Wildman–Crippen LogP) is 13.0. The lowest BCUT2D eigenvalue weighted by Crippen LogP contribution is -2.56. The number of hydrogen-bond donors (Lipinski definition) is 0. The highest BCUT2D eigenvalue weighted by molar-refractivity contribution is 8.05. The van der Waals surface area contributed by atoms with Gasteiger partial charge in [0.2, 0.25) is 0 Å². The minimum absolute atomic E-state index is 0.0752. The molecule has 0 saturated heterocycles. The van der Waals surface area contributed by atoms with Gasteiger partial charge in [0.25, 0.3) is 0 Å². The number of hydrogen-bond acceptors (Lipinski definition) is 6. The van der Waals surface area contributed by atoms with E-state index in [0.717, 1.165) is 28.2 Å². The standard InChI is InChI=1S/C53H41N3OS2Si/c1-52(2)35-22-12-10-18-31(35)43-37(52)27-29-42-46(43)57-45-33(20-15-25-41(45)60(42,5)6)50-54-49(30-16-8-7-9-17-30)55-51(56-50)34-21-14-24-39-47(34)59-48-40(58-39)28-26-38-44(48)32-19-11-13-23-36(32)53(38,3)4/h7-29H,1-6H3. The molecule has 60 heavy (non-hydrogen) atoms. The minimum Gasteiger partial charge on any atom is -0.456 e. The largest absolute Gasteiger partial charge is 0.456 e. The Balaban J connectivity index is 1.04. The molecule has 7 aromatic carbocycles. The Morgan fingerprint density at radius 3 is 1.73 bits per heavy atom. The SMILES string of the molecule is CC1(C)c2ccccc2-c2c1ccc1c2Oc2c(-c3nc(-c4ccccc4)nc(-c4cccc5c4Sc4c(ccc6c4-c4ccccc4C6(C)C)S5)n3)cccc2[Si]1(C)C. The highest BCUT2D eigenvalue weighted by atomic mass is 32.2. The summed E-state index contributed by atoms with van der Waals surface area (Å²) in [7, 11) is -2.26. The van der Waals surface area contributed by atoms with Crippen LogP contribution in [-0.4, -0.2) is 23.0 Å². The zero-order valence-corrected chi connectivity index (χ0v) is 37.0. The van der Waals surface area contributed by atoms with Crippen molar-refractivity contribution in [2.24, 2.45) is 0 Å². The van der Waals surface area contributed by atoms with Crippen molar-refractivity contribution in [3.05, 3.63) is 162 Å². The molecule has 0 amide bonds. The summed E-state index contributed by atoms with van der Waals surface area (Å²) in [5.74, 6) is 3.75. The molecule has 0 radical (unpaired) electrons. The summed E-state index contributed by atoms with van der Waals surface area (Å²) >= 11 is 3.70. The number of para-hydroxylation sites is 1. The van der Waals surface area contributed by atoms with Crippen molar-refractivity contribution < 1.29 is 4.74 Å². The van der Waals surface area contributed by atoms with Crippen molar-refractivity contribution >= 4 is 42.0 Å². The first-order valence-corrected chi connectivity index (χ1v) is 25.3. The average Bonchev–Trinajstić information content (AvgIpc) is 3.65. The maximum absolute atomic E-state index is 7.33. The Morgan fingerprint density at radius 2 is 0.983 bits per heavy atom. The normalized spacial score (nSPS) is 16.2. The summed E-state index contributed by atoms with van der Waals surface area (Å²) in [6.45, 7) is 14.3. The van der Waals surface area contributed by atoms with Gasteiger partial charge in [0.15, 0.2) is 17.5 Å². The van der Waals surface area contributed by atoms with E-state index in [2.05, 4.69) is 162 Å². The van der Waals surface area contributed by atoms with Gasteiger partial charge in [-0.15, -0.1) is 0 Å². The van der Waals surface area contributed by atoms with Crippen molar-refractivity contribution in [1.82, 2.24) is 15.0 Å². The van der Waals surface area contributed by atoms with E-state index in [-0.39, 0.29) is 10.8 Å². The zero-order chi connectivity index (χ0) is 40.7. The predicted molar refractivity (Wildman–Crippen MR) is 249 cm³/mol. The number of nitrogens with zero attached hydrogens (tertiary/aromatic N) is 3. The summed E-state index contributed by atoms with van der Waals surface area (Å²) < 4.78 is 7.33. The Morgan fingerprint density at radius 1 is 0.433 bits per heavy atom. The summed E-state index contributed by atoms with van der Waals surface area (Å²) in [4.78, 5) is 21.0. The summed E-state index contributed by atoms with van der Waals surface area (Å²) in [6.07, 6.45) is 0. The first kappa shape index (κ1) is 36.1. The van der Waals surface area contributed by atoms with Gasteiger partial charge >= 0.3 is 0 Å². The van der Waals surface area contributed by atoms with Gasteiger partial charge in [-0.2, -0.15) is 0 Å². The summed E-state index contributed by atoms with van der Waals surface area (Å²) in [5.41, 5.74) is 13.2. The van der Waals surface area contributed by atoms with Crippen LogP contribution >= 0.6 is 23.5 Å². The second-order valence-electron chi connectivity index (χ2n) is 17.9. The molecule has 290 valence electrons. The van der Waals surface area contributed by atoms with Crippen LogP contribution in [0.25, 0.3) is 56.4 Å². The van der Waals surface area contributed by atoms with Crippen molar-refractivity contribution in [2.45, 2.75) is 71.2 Å². The maximum Gasteiger partial charge on any atom is 0.167 e. The van der Waals surface area contributed by atoms with Crippen LogP contribution in [0.15, 0.2) is 159 Å². The van der Waals surface area contributed by atoms with Crippen LogP contribution in [0.3, 0.4) is 0 Å². The van der Waals surface area contributed by atoms with Crippen molar-refractivity contribution in [3.63, 3.8) is 0 Å². The van der Waals surface area contributed by atoms with E-state index in [1.165, 1.54) is 74.5 Å². The van der Waals surface area contributed by atoms with E-state index >= 15 is 0 Å². The van der Waals surface area contributed by atoms with Crippen LogP contribution in [-0.2, 0) is 10.8 Å². The number of fused-ring (bicyclic) bond motifs is 12. The lowest BCUT2D eigenvalue weighted by Gasteiger charge is -2.35. The fraction of sp³-hybridized carbons (Fsp3) is 0.151. The maximum atomic E-state index is 7.33. The molecular formula is C53H41N3OS2Si. The highest BCUT2D eigenvalue weighted by Crippen LogP contribution is 2.60. The van der Waals surface area contributed by atoms with E-state index < -0.39 is 8.07 Å². The Hall–Kier alpha value is -5.73. The van der Waals surface area contributed by atoms with Crippen LogP contribution in [0.5, 0.6) is 11.5 Å². The second-order valence-corrected chi connectivity index (χ2v) is 24.4. The third-order valence-corrected chi connectivity index (χ3v) is 19.6. The molecule has 2 aliphatic carbocycles. The van der Waals surface area contributed by atoms with Gasteiger partial charge in [-0.25, -0.2) is 15.0 Å². The third-order valence-electron chi connectivity index (χ3n) is 13.5. The van der Waals surface area contributed by atoms with Crippen LogP contribution in [0.4, 0.5) is 0 Å². The van der Waals surface area contributed by atoms with Crippen LogP contribution in [0.1, 0.15) is 49.9 Å². The van der Waals surface area contributed by atoms with E-state index in [4.69, 9.17) is 19.7 Å². The average molecular weight is 828 g/mol. The number of ether oxygens (including phenoxy) is 1. The number of rotatable bonds is 3. The number of benzene rings is 7. The van der Waals surface area contributed by atoms with Crippen molar-refractivity contribution in [2.75, 3.05) is 0 Å². The quantitative estimate of drug-likeness (QED) is 0.165. The molecule has 12 rings (SSSR count). The zero-order valence-electron chi connectivity index (χ0n) is 34.3. The molecule has 1 aromatic heterocycles. The Labute approximate surface area is 360 Å². The second kappa shape index (κ2) is 12.6. The van der Waals surface area contributed by atoms with Crippen LogP contribution in [0, 0.1) is 0 Å². The van der Waals surface area contributed by atoms with Crippen molar-refractivity contribution in [1.29, 1.82) is 0 Å². The summed E-state index contributed by atoms with van der Waals surface area (Å²) in [6, 6.07) is 50.5. The van der Waals surface area contributed by atoms with E-state index in [1.807, 2.05) is 41.7 Å². The molecule has 2 aliphatic heterocycles. The van der Waals surface area contributed by atoms with Gasteiger partial charge < -0.3 is 4.74 Å². The molecule has 7 heteroatoms. The van der Waals surface area contributed by atoms with Gasteiger partial charge in [-0.05, 0) is 68.0 Å². The lowest BCUT2D eigenvalue weighted by atomic mass is 9.82.